The molecule has 0 N–H and O–H groups in total. The average molecular weight is 386 g/mol. The summed E-state index contributed by atoms with van der Waals surface area (Å²) in [5.74, 6) is 0.124. The minimum absolute atomic E-state index is 0.0821. The molecule has 2 rings (SSSR count). The Balaban J connectivity index is 1.85. The van der Waals surface area contributed by atoms with E-state index in [4.69, 9.17) is 19.5 Å². The van der Waals surface area contributed by atoms with Gasteiger partial charge < -0.3 is 19.1 Å². The Morgan fingerprint density at radius 2 is 2.00 bits per heavy atom. The number of esters is 1. The second kappa shape index (κ2) is 11.0. The van der Waals surface area contributed by atoms with E-state index in [1.165, 1.54) is 19.6 Å². The molecule has 0 unspecified atom stereocenters. The van der Waals surface area contributed by atoms with Gasteiger partial charge in [-0.05, 0) is 36.6 Å². The van der Waals surface area contributed by atoms with Gasteiger partial charge in [0.15, 0.2) is 24.7 Å². The van der Waals surface area contributed by atoms with E-state index in [2.05, 4.69) is 0 Å². The number of nitrogens with zero attached hydrogens (tertiary/aromatic N) is 2. The van der Waals surface area contributed by atoms with E-state index in [0.717, 1.165) is 25.7 Å². The molecule has 28 heavy (non-hydrogen) atoms. The molecule has 150 valence electrons. The first kappa shape index (κ1) is 21.3. The summed E-state index contributed by atoms with van der Waals surface area (Å²) in [7, 11) is 3.26. The summed E-state index contributed by atoms with van der Waals surface area (Å²) in [5, 5.41) is 8.58. The second-order valence-electron chi connectivity index (χ2n) is 6.59. The fraction of sp³-hybridized carbons (Fsp3) is 0.476. The number of methoxy groups -OCH3 is 1. The molecule has 1 fully saturated rings. The number of carbonyl (C=O) groups is 2. The number of benzene rings is 1. The van der Waals surface area contributed by atoms with E-state index >= 15 is 0 Å². The van der Waals surface area contributed by atoms with Crippen LogP contribution in [-0.4, -0.2) is 50.2 Å². The smallest absolute Gasteiger partial charge is 0.331 e. The number of amides is 1. The minimum atomic E-state index is -0.589. The SMILES string of the molecule is COc1cc(C=CC(=O)OCC(=O)N(C)C2CCCCC2)ccc1OCC#N. The molecule has 7 heteroatoms. The van der Waals surface area contributed by atoms with Crippen LogP contribution >= 0.6 is 0 Å². The number of nitriles is 1. The van der Waals surface area contributed by atoms with Crippen LogP contribution < -0.4 is 9.47 Å². The van der Waals surface area contributed by atoms with E-state index in [0.29, 0.717) is 17.1 Å². The van der Waals surface area contributed by atoms with Crippen LogP contribution in [0.2, 0.25) is 0 Å². The minimum Gasteiger partial charge on any atom is -0.493 e. The Morgan fingerprint density at radius 1 is 1.25 bits per heavy atom. The van der Waals surface area contributed by atoms with E-state index in [9.17, 15) is 9.59 Å². The number of hydrogen-bond acceptors (Lipinski definition) is 6. The van der Waals surface area contributed by atoms with Gasteiger partial charge >= 0.3 is 5.97 Å². The molecule has 1 aliphatic carbocycles. The molecule has 0 spiro atoms. The summed E-state index contributed by atoms with van der Waals surface area (Å²) in [4.78, 5) is 25.8. The third-order valence-electron chi connectivity index (χ3n) is 4.75. The molecule has 1 aromatic carbocycles. The number of ether oxygens (including phenoxy) is 3. The van der Waals surface area contributed by atoms with Crippen LogP contribution in [0.25, 0.3) is 6.08 Å². The maximum absolute atomic E-state index is 12.2. The zero-order chi connectivity index (χ0) is 20.4. The quantitative estimate of drug-likeness (QED) is 0.504. The van der Waals surface area contributed by atoms with Crippen molar-refractivity contribution in [1.82, 2.24) is 4.90 Å². The highest BCUT2D eigenvalue weighted by Crippen LogP contribution is 2.28. The molecule has 0 saturated heterocycles. The lowest BCUT2D eigenvalue weighted by atomic mass is 9.94. The van der Waals surface area contributed by atoms with Crippen LogP contribution in [0.15, 0.2) is 24.3 Å². The Morgan fingerprint density at radius 3 is 2.68 bits per heavy atom. The first-order chi connectivity index (χ1) is 13.5. The number of likely N-dealkylation sites (N-methyl/N-ethyl adjacent to an activating group) is 1. The van der Waals surface area contributed by atoms with Crippen molar-refractivity contribution in [3.63, 3.8) is 0 Å². The summed E-state index contributed by atoms with van der Waals surface area (Å²) in [6.07, 6.45) is 8.32. The van der Waals surface area contributed by atoms with Crippen LogP contribution in [0.4, 0.5) is 0 Å². The first-order valence-electron chi connectivity index (χ1n) is 9.33. The lowest BCUT2D eigenvalue weighted by molar-refractivity contribution is -0.148. The highest BCUT2D eigenvalue weighted by atomic mass is 16.5. The summed E-state index contributed by atoms with van der Waals surface area (Å²) in [6.45, 7) is -0.346. The van der Waals surface area contributed by atoms with E-state index in [-0.39, 0.29) is 25.2 Å². The van der Waals surface area contributed by atoms with Crippen molar-refractivity contribution < 1.29 is 23.8 Å². The maximum Gasteiger partial charge on any atom is 0.331 e. The summed E-state index contributed by atoms with van der Waals surface area (Å²) >= 11 is 0. The van der Waals surface area contributed by atoms with E-state index in [1.807, 2.05) is 6.07 Å². The predicted octanol–water partition coefficient (Wildman–Crippen LogP) is 2.95. The first-order valence-corrected chi connectivity index (χ1v) is 9.33. The zero-order valence-electron chi connectivity index (χ0n) is 16.3. The maximum atomic E-state index is 12.2. The second-order valence-corrected chi connectivity index (χ2v) is 6.59. The summed E-state index contributed by atoms with van der Waals surface area (Å²) in [5.41, 5.74) is 0.698. The largest absolute Gasteiger partial charge is 0.493 e. The van der Waals surface area contributed by atoms with Crippen molar-refractivity contribution in [2.24, 2.45) is 0 Å². The van der Waals surface area contributed by atoms with Gasteiger partial charge in [-0.2, -0.15) is 5.26 Å². The molecule has 0 bridgehead atoms. The van der Waals surface area contributed by atoms with E-state index < -0.39 is 5.97 Å². The Labute approximate surface area is 165 Å². The zero-order valence-corrected chi connectivity index (χ0v) is 16.3. The van der Waals surface area contributed by atoms with Gasteiger partial charge in [0.1, 0.15) is 6.07 Å². The molecule has 0 aromatic heterocycles. The molecule has 0 radical (unpaired) electrons. The molecular weight excluding hydrogens is 360 g/mol. The molecule has 1 aromatic rings. The topological polar surface area (TPSA) is 88.9 Å². The van der Waals surface area contributed by atoms with Crippen molar-refractivity contribution in [3.05, 3.63) is 29.8 Å². The molecule has 1 saturated carbocycles. The van der Waals surface area contributed by atoms with Crippen LogP contribution in [0, 0.1) is 11.3 Å². The highest BCUT2D eigenvalue weighted by Gasteiger charge is 2.22. The van der Waals surface area contributed by atoms with Crippen molar-refractivity contribution in [2.45, 2.75) is 38.1 Å². The molecule has 0 heterocycles. The molecular formula is C21H26N2O5. The summed E-state index contributed by atoms with van der Waals surface area (Å²) < 4.78 is 15.5. The number of carbonyl (C=O) groups excluding carboxylic acids is 2. The Hall–Kier alpha value is -3.01. The number of rotatable bonds is 8. The van der Waals surface area contributed by atoms with Gasteiger partial charge in [0.25, 0.3) is 5.91 Å². The lowest BCUT2D eigenvalue weighted by Crippen LogP contribution is -2.40. The molecule has 0 atom stereocenters. The van der Waals surface area contributed by atoms with Gasteiger partial charge in [0.2, 0.25) is 0 Å². The fourth-order valence-electron chi connectivity index (χ4n) is 3.14. The van der Waals surface area contributed by atoms with Gasteiger partial charge in [0, 0.05) is 19.2 Å². The number of hydrogen-bond donors (Lipinski definition) is 0. The van der Waals surface area contributed by atoms with Crippen molar-refractivity contribution in [1.29, 1.82) is 5.26 Å². The monoisotopic (exact) mass is 386 g/mol. The average Bonchev–Trinajstić information content (AvgIpc) is 2.74. The third-order valence-corrected chi connectivity index (χ3v) is 4.75. The molecule has 0 aliphatic heterocycles. The predicted molar refractivity (Wildman–Crippen MR) is 104 cm³/mol. The van der Waals surface area contributed by atoms with Gasteiger partial charge in [0.05, 0.1) is 7.11 Å². The molecule has 1 aliphatic rings. The normalized spacial score (nSPS) is 14.3. The van der Waals surface area contributed by atoms with Gasteiger partial charge in [-0.3, -0.25) is 4.79 Å². The molecule has 1 amide bonds. The van der Waals surface area contributed by atoms with Crippen LogP contribution in [0.5, 0.6) is 11.5 Å². The molecule has 7 nitrogen and oxygen atoms in total. The van der Waals surface area contributed by atoms with Crippen LogP contribution in [0.3, 0.4) is 0 Å². The van der Waals surface area contributed by atoms with Gasteiger partial charge in [-0.15, -0.1) is 0 Å². The van der Waals surface area contributed by atoms with E-state index in [1.54, 1.807) is 36.2 Å². The van der Waals surface area contributed by atoms with Crippen LogP contribution in [0.1, 0.15) is 37.7 Å². The lowest BCUT2D eigenvalue weighted by Gasteiger charge is -2.31. The van der Waals surface area contributed by atoms with Crippen molar-refractivity contribution >= 4 is 18.0 Å². The summed E-state index contributed by atoms with van der Waals surface area (Å²) in [6, 6.07) is 7.19. The Kier molecular flexibility index (Phi) is 8.35. The van der Waals surface area contributed by atoms with Crippen molar-refractivity contribution in [3.8, 4) is 17.6 Å². The standard InChI is InChI=1S/C21H26N2O5/c1-23(17-6-4-3-5-7-17)20(24)15-28-21(25)11-9-16-8-10-18(27-13-12-22)19(14-16)26-2/h8-11,14,17H,3-7,13,15H2,1-2H3. The van der Waals surface area contributed by atoms with Crippen LogP contribution in [-0.2, 0) is 14.3 Å². The Bertz CT molecular complexity index is 748. The highest BCUT2D eigenvalue weighted by molar-refractivity contribution is 5.89. The van der Waals surface area contributed by atoms with Crippen molar-refractivity contribution in [2.75, 3.05) is 27.4 Å². The van der Waals surface area contributed by atoms with Gasteiger partial charge in [-0.25, -0.2) is 4.79 Å². The third kappa shape index (κ3) is 6.31. The fourth-order valence-corrected chi connectivity index (χ4v) is 3.14. The van der Waals surface area contributed by atoms with Gasteiger partial charge in [-0.1, -0.05) is 25.3 Å².